The topological polar surface area (TPSA) is 64.3 Å². The van der Waals surface area contributed by atoms with Crippen molar-refractivity contribution in [3.8, 4) is 5.75 Å². The monoisotopic (exact) mass is 270 g/mol. The van der Waals surface area contributed by atoms with E-state index in [0.29, 0.717) is 12.3 Å². The molecule has 1 amide bonds. The zero-order valence-corrected chi connectivity index (χ0v) is 11.4. The first-order chi connectivity index (χ1) is 9.69. The van der Waals surface area contributed by atoms with Crippen LogP contribution in [0, 0.1) is 0 Å². The van der Waals surface area contributed by atoms with Crippen molar-refractivity contribution >= 4 is 11.6 Å². The van der Waals surface area contributed by atoms with E-state index in [4.69, 9.17) is 10.5 Å². The molecule has 0 saturated carbocycles. The molecule has 0 saturated heterocycles. The molecule has 0 aliphatic heterocycles. The van der Waals surface area contributed by atoms with E-state index in [0.717, 1.165) is 11.3 Å². The van der Waals surface area contributed by atoms with E-state index < -0.39 is 6.10 Å². The molecule has 2 rings (SSSR count). The number of ether oxygens (including phenoxy) is 1. The first kappa shape index (κ1) is 14.1. The molecule has 4 heteroatoms. The number of carbonyl (C=O) groups excluding carboxylic acids is 1. The molecule has 0 fully saturated rings. The van der Waals surface area contributed by atoms with Crippen LogP contribution < -0.4 is 15.8 Å². The third-order valence-corrected chi connectivity index (χ3v) is 2.88. The van der Waals surface area contributed by atoms with Gasteiger partial charge in [-0.15, -0.1) is 0 Å². The molecule has 2 aromatic rings. The van der Waals surface area contributed by atoms with E-state index in [1.165, 1.54) is 0 Å². The van der Waals surface area contributed by atoms with Gasteiger partial charge in [-0.1, -0.05) is 30.3 Å². The van der Waals surface area contributed by atoms with Crippen LogP contribution in [0.15, 0.2) is 54.6 Å². The lowest BCUT2D eigenvalue weighted by molar-refractivity contribution is -0.122. The van der Waals surface area contributed by atoms with Crippen LogP contribution in [0.5, 0.6) is 5.75 Å². The third kappa shape index (κ3) is 3.83. The lowest BCUT2D eigenvalue weighted by Gasteiger charge is -2.15. The van der Waals surface area contributed by atoms with Gasteiger partial charge in [-0.05, 0) is 36.8 Å². The van der Waals surface area contributed by atoms with Crippen LogP contribution in [0.4, 0.5) is 5.69 Å². The normalized spacial score (nSPS) is 11.7. The molecule has 0 aromatic heterocycles. The highest BCUT2D eigenvalue weighted by Gasteiger charge is 2.14. The van der Waals surface area contributed by atoms with Crippen molar-refractivity contribution in [1.29, 1.82) is 0 Å². The number of rotatable bonds is 5. The molecule has 1 atom stereocenters. The molecule has 1 unspecified atom stereocenters. The van der Waals surface area contributed by atoms with Crippen molar-refractivity contribution in [2.24, 2.45) is 5.73 Å². The Kier molecular flexibility index (Phi) is 4.74. The standard InChI is InChI=1S/C16H18N2O2/c1-12(16(19)18-14-5-3-2-4-6-14)20-15-9-7-13(11-17)8-10-15/h2-10,12H,11,17H2,1H3,(H,18,19). The van der Waals surface area contributed by atoms with Crippen molar-refractivity contribution in [1.82, 2.24) is 0 Å². The summed E-state index contributed by atoms with van der Waals surface area (Å²) < 4.78 is 5.59. The summed E-state index contributed by atoms with van der Waals surface area (Å²) >= 11 is 0. The van der Waals surface area contributed by atoms with Crippen molar-refractivity contribution in [2.45, 2.75) is 19.6 Å². The average Bonchev–Trinajstić information content (AvgIpc) is 2.49. The fraction of sp³-hybridized carbons (Fsp3) is 0.188. The smallest absolute Gasteiger partial charge is 0.265 e. The summed E-state index contributed by atoms with van der Waals surface area (Å²) in [6.07, 6.45) is -0.570. The van der Waals surface area contributed by atoms with E-state index in [2.05, 4.69) is 5.32 Å². The number of nitrogens with one attached hydrogen (secondary N) is 1. The highest BCUT2D eigenvalue weighted by Crippen LogP contribution is 2.14. The van der Waals surface area contributed by atoms with Gasteiger partial charge in [-0.2, -0.15) is 0 Å². The van der Waals surface area contributed by atoms with Gasteiger partial charge in [0.25, 0.3) is 5.91 Å². The number of carbonyl (C=O) groups is 1. The summed E-state index contributed by atoms with van der Waals surface area (Å²) in [6, 6.07) is 16.7. The van der Waals surface area contributed by atoms with Gasteiger partial charge in [-0.3, -0.25) is 4.79 Å². The average molecular weight is 270 g/mol. The molecule has 0 spiro atoms. The van der Waals surface area contributed by atoms with Crippen LogP contribution in [0.1, 0.15) is 12.5 Å². The van der Waals surface area contributed by atoms with Gasteiger partial charge >= 0.3 is 0 Å². The first-order valence-corrected chi connectivity index (χ1v) is 6.50. The van der Waals surface area contributed by atoms with E-state index >= 15 is 0 Å². The molecule has 2 aromatic carbocycles. The summed E-state index contributed by atoms with van der Waals surface area (Å²) in [7, 11) is 0. The second kappa shape index (κ2) is 6.73. The summed E-state index contributed by atoms with van der Waals surface area (Å²) in [5.74, 6) is 0.469. The minimum absolute atomic E-state index is 0.181. The minimum atomic E-state index is -0.570. The van der Waals surface area contributed by atoms with Gasteiger partial charge in [0.1, 0.15) is 5.75 Å². The Bertz CT molecular complexity index is 552. The maximum absolute atomic E-state index is 12.0. The fourth-order valence-corrected chi connectivity index (χ4v) is 1.73. The zero-order valence-electron chi connectivity index (χ0n) is 11.4. The van der Waals surface area contributed by atoms with Gasteiger partial charge < -0.3 is 15.8 Å². The van der Waals surface area contributed by atoms with Crippen LogP contribution in [-0.4, -0.2) is 12.0 Å². The number of anilines is 1. The quantitative estimate of drug-likeness (QED) is 0.877. The maximum Gasteiger partial charge on any atom is 0.265 e. The Hall–Kier alpha value is -2.33. The summed E-state index contributed by atoms with van der Waals surface area (Å²) in [5.41, 5.74) is 7.31. The Labute approximate surface area is 118 Å². The Morgan fingerprint density at radius 1 is 1.15 bits per heavy atom. The Balaban J connectivity index is 1.93. The van der Waals surface area contributed by atoms with Crippen LogP contribution in [0.3, 0.4) is 0 Å². The van der Waals surface area contributed by atoms with Crippen LogP contribution in [-0.2, 0) is 11.3 Å². The predicted octanol–water partition coefficient (Wildman–Crippen LogP) is 2.55. The maximum atomic E-state index is 12.0. The van der Waals surface area contributed by atoms with Gasteiger partial charge in [-0.25, -0.2) is 0 Å². The third-order valence-electron chi connectivity index (χ3n) is 2.88. The molecule has 0 heterocycles. The lowest BCUT2D eigenvalue weighted by Crippen LogP contribution is -2.30. The molecule has 104 valence electrons. The summed E-state index contributed by atoms with van der Waals surface area (Å²) in [6.45, 7) is 2.21. The number of hydrogen-bond donors (Lipinski definition) is 2. The number of benzene rings is 2. The lowest BCUT2D eigenvalue weighted by atomic mass is 10.2. The van der Waals surface area contributed by atoms with Gasteiger partial charge in [0.05, 0.1) is 0 Å². The van der Waals surface area contributed by atoms with E-state index in [-0.39, 0.29) is 5.91 Å². The highest BCUT2D eigenvalue weighted by molar-refractivity contribution is 5.94. The van der Waals surface area contributed by atoms with Crippen LogP contribution >= 0.6 is 0 Å². The molecule has 0 aliphatic carbocycles. The number of amides is 1. The van der Waals surface area contributed by atoms with Gasteiger partial charge in [0, 0.05) is 12.2 Å². The number of hydrogen-bond acceptors (Lipinski definition) is 3. The van der Waals surface area contributed by atoms with Crippen LogP contribution in [0.2, 0.25) is 0 Å². The largest absolute Gasteiger partial charge is 0.481 e. The first-order valence-electron chi connectivity index (χ1n) is 6.50. The molecule has 0 aliphatic rings. The van der Waals surface area contributed by atoms with Crippen molar-refractivity contribution in [3.05, 3.63) is 60.2 Å². The number of para-hydroxylation sites is 1. The molecule has 0 radical (unpaired) electrons. The molecule has 3 N–H and O–H groups in total. The number of nitrogens with two attached hydrogens (primary N) is 1. The fourth-order valence-electron chi connectivity index (χ4n) is 1.73. The summed E-state index contributed by atoms with van der Waals surface area (Å²) in [5, 5.41) is 2.80. The molecule has 20 heavy (non-hydrogen) atoms. The SMILES string of the molecule is CC(Oc1ccc(CN)cc1)C(=O)Nc1ccccc1. The molecule has 0 bridgehead atoms. The van der Waals surface area contributed by atoms with Crippen molar-refractivity contribution in [3.63, 3.8) is 0 Å². The second-order valence-corrected chi connectivity index (χ2v) is 4.46. The highest BCUT2D eigenvalue weighted by atomic mass is 16.5. The van der Waals surface area contributed by atoms with Gasteiger partial charge in [0.15, 0.2) is 6.10 Å². The van der Waals surface area contributed by atoms with E-state index in [9.17, 15) is 4.79 Å². The van der Waals surface area contributed by atoms with Crippen molar-refractivity contribution < 1.29 is 9.53 Å². The molecular formula is C16H18N2O2. The predicted molar refractivity (Wildman–Crippen MR) is 79.5 cm³/mol. The van der Waals surface area contributed by atoms with Crippen LogP contribution in [0.25, 0.3) is 0 Å². The van der Waals surface area contributed by atoms with E-state index in [1.54, 1.807) is 6.92 Å². The zero-order chi connectivity index (χ0) is 14.4. The van der Waals surface area contributed by atoms with E-state index in [1.807, 2.05) is 54.6 Å². The second-order valence-electron chi connectivity index (χ2n) is 4.46. The Morgan fingerprint density at radius 3 is 2.40 bits per heavy atom. The van der Waals surface area contributed by atoms with Gasteiger partial charge in [0.2, 0.25) is 0 Å². The Morgan fingerprint density at radius 2 is 1.80 bits per heavy atom. The summed E-state index contributed by atoms with van der Waals surface area (Å²) in [4.78, 5) is 12.0. The molecule has 4 nitrogen and oxygen atoms in total. The van der Waals surface area contributed by atoms with Crippen molar-refractivity contribution in [2.75, 3.05) is 5.32 Å². The minimum Gasteiger partial charge on any atom is -0.481 e. The molecular weight excluding hydrogens is 252 g/mol.